The van der Waals surface area contributed by atoms with Gasteiger partial charge in [-0.25, -0.2) is 4.79 Å². The molecule has 0 unspecified atom stereocenters. The number of carbonyl (C=O) groups is 3. The highest BCUT2D eigenvalue weighted by Gasteiger charge is 2.28. The van der Waals surface area contributed by atoms with Gasteiger partial charge in [0, 0.05) is 24.7 Å². The summed E-state index contributed by atoms with van der Waals surface area (Å²) in [5, 5.41) is 2.85. The smallest absolute Gasteiger partial charge is 0.321 e. The third-order valence-electron chi connectivity index (χ3n) is 5.64. The van der Waals surface area contributed by atoms with Gasteiger partial charge in [-0.1, -0.05) is 32.0 Å². The number of anilines is 1. The van der Waals surface area contributed by atoms with E-state index in [0.717, 1.165) is 18.8 Å². The Balaban J connectivity index is 1.41. The lowest BCUT2D eigenvalue weighted by Crippen LogP contribution is -2.48. The summed E-state index contributed by atoms with van der Waals surface area (Å²) < 4.78 is 5.59. The largest absolute Gasteiger partial charge is 0.454 e. The standard InChI is InChI=1S/C23H31N5O4/c1-3-27(4-2)16-19-10-11-20(32-19)22(30)26-25-21(29)17-12-14-28(15-13-17)23(31)24-18-8-6-5-7-9-18/h5-11,17H,3-4,12-16H2,1-2H3,(H,24,31)(H,25,29)(H,26,30). The van der Waals surface area contributed by atoms with Crippen LogP contribution in [0.15, 0.2) is 46.9 Å². The van der Waals surface area contributed by atoms with Crippen LogP contribution in [0.5, 0.6) is 0 Å². The number of urea groups is 1. The highest BCUT2D eigenvalue weighted by Crippen LogP contribution is 2.18. The van der Waals surface area contributed by atoms with Crippen LogP contribution in [0.3, 0.4) is 0 Å². The van der Waals surface area contributed by atoms with Crippen molar-refractivity contribution in [3.8, 4) is 0 Å². The van der Waals surface area contributed by atoms with Gasteiger partial charge in [0.05, 0.1) is 6.54 Å². The lowest BCUT2D eigenvalue weighted by Gasteiger charge is -2.31. The molecule has 0 aliphatic carbocycles. The maximum Gasteiger partial charge on any atom is 0.321 e. The minimum absolute atomic E-state index is 0.153. The summed E-state index contributed by atoms with van der Waals surface area (Å²) in [4.78, 5) is 41.0. The van der Waals surface area contributed by atoms with Gasteiger partial charge in [0.2, 0.25) is 5.91 Å². The van der Waals surface area contributed by atoms with Crippen molar-refractivity contribution in [1.29, 1.82) is 0 Å². The molecule has 9 nitrogen and oxygen atoms in total. The van der Waals surface area contributed by atoms with E-state index in [-0.39, 0.29) is 23.6 Å². The first-order chi connectivity index (χ1) is 15.5. The normalized spacial score (nSPS) is 14.3. The van der Waals surface area contributed by atoms with Crippen molar-refractivity contribution in [1.82, 2.24) is 20.7 Å². The Morgan fingerprint density at radius 3 is 2.34 bits per heavy atom. The minimum Gasteiger partial charge on any atom is -0.454 e. The Labute approximate surface area is 188 Å². The predicted molar refractivity (Wildman–Crippen MR) is 121 cm³/mol. The monoisotopic (exact) mass is 441 g/mol. The van der Waals surface area contributed by atoms with E-state index in [0.29, 0.717) is 38.2 Å². The first kappa shape index (κ1) is 23.3. The number of hydrazine groups is 1. The number of para-hydroxylation sites is 1. The number of hydrogen-bond acceptors (Lipinski definition) is 5. The molecule has 9 heteroatoms. The molecule has 3 rings (SSSR count). The van der Waals surface area contributed by atoms with Gasteiger partial charge in [0.1, 0.15) is 5.76 Å². The van der Waals surface area contributed by atoms with Crippen molar-refractivity contribution < 1.29 is 18.8 Å². The molecule has 1 aliphatic heterocycles. The molecule has 0 radical (unpaired) electrons. The van der Waals surface area contributed by atoms with Crippen LogP contribution in [0.25, 0.3) is 0 Å². The number of amides is 4. The average molecular weight is 442 g/mol. The summed E-state index contributed by atoms with van der Waals surface area (Å²) in [7, 11) is 0. The lowest BCUT2D eigenvalue weighted by atomic mass is 9.96. The van der Waals surface area contributed by atoms with E-state index >= 15 is 0 Å². The van der Waals surface area contributed by atoms with Crippen molar-refractivity contribution in [3.05, 3.63) is 54.0 Å². The second kappa shape index (κ2) is 11.3. The number of hydrogen-bond donors (Lipinski definition) is 3. The first-order valence-corrected chi connectivity index (χ1v) is 11.0. The summed E-state index contributed by atoms with van der Waals surface area (Å²) in [5.41, 5.74) is 5.63. The van der Waals surface area contributed by atoms with E-state index in [1.807, 2.05) is 30.3 Å². The van der Waals surface area contributed by atoms with Crippen molar-refractivity contribution in [2.75, 3.05) is 31.5 Å². The molecular formula is C23H31N5O4. The molecule has 1 fully saturated rings. The van der Waals surface area contributed by atoms with Gasteiger partial charge in [-0.3, -0.25) is 25.3 Å². The molecule has 0 atom stereocenters. The van der Waals surface area contributed by atoms with Crippen LogP contribution in [0.2, 0.25) is 0 Å². The van der Waals surface area contributed by atoms with Crippen LogP contribution in [0, 0.1) is 5.92 Å². The number of piperidine rings is 1. The van der Waals surface area contributed by atoms with Crippen LogP contribution in [-0.4, -0.2) is 53.8 Å². The lowest BCUT2D eigenvalue weighted by molar-refractivity contribution is -0.127. The molecule has 2 aromatic rings. The maximum atomic E-state index is 12.4. The molecule has 1 aromatic heterocycles. The Hall–Kier alpha value is -3.33. The third-order valence-corrected chi connectivity index (χ3v) is 5.64. The summed E-state index contributed by atoms with van der Waals surface area (Å²) in [5.74, 6) is -0.183. The molecule has 0 saturated carbocycles. The first-order valence-electron chi connectivity index (χ1n) is 11.0. The maximum absolute atomic E-state index is 12.4. The van der Waals surface area contributed by atoms with Gasteiger partial charge in [0.25, 0.3) is 0 Å². The molecule has 1 aromatic carbocycles. The summed E-state index contributed by atoms with van der Waals surface area (Å²) in [6.45, 7) is 7.48. The van der Waals surface area contributed by atoms with Crippen molar-refractivity contribution in [2.45, 2.75) is 33.2 Å². The molecule has 0 spiro atoms. The van der Waals surface area contributed by atoms with Crippen LogP contribution in [0.1, 0.15) is 43.0 Å². The molecule has 32 heavy (non-hydrogen) atoms. The zero-order valence-electron chi connectivity index (χ0n) is 18.6. The molecule has 3 N–H and O–H groups in total. The summed E-state index contributed by atoms with van der Waals surface area (Å²) >= 11 is 0. The molecule has 2 heterocycles. The average Bonchev–Trinajstić information content (AvgIpc) is 3.30. The minimum atomic E-state index is -0.496. The van der Waals surface area contributed by atoms with E-state index < -0.39 is 5.91 Å². The fourth-order valence-corrected chi connectivity index (χ4v) is 3.60. The van der Waals surface area contributed by atoms with Gasteiger partial charge in [-0.05, 0) is 50.2 Å². The van der Waals surface area contributed by atoms with Crippen LogP contribution < -0.4 is 16.2 Å². The van der Waals surface area contributed by atoms with E-state index in [1.165, 1.54) is 0 Å². The molecular weight excluding hydrogens is 410 g/mol. The topological polar surface area (TPSA) is 107 Å². The number of furan rings is 1. The zero-order chi connectivity index (χ0) is 22.9. The molecule has 172 valence electrons. The Morgan fingerprint density at radius 1 is 1.00 bits per heavy atom. The molecule has 4 amide bonds. The van der Waals surface area contributed by atoms with Gasteiger partial charge in [-0.2, -0.15) is 0 Å². The third kappa shape index (κ3) is 6.34. The SMILES string of the molecule is CCN(CC)Cc1ccc(C(=O)NNC(=O)C2CCN(C(=O)Nc3ccccc3)CC2)o1. The highest BCUT2D eigenvalue weighted by molar-refractivity contribution is 5.93. The van der Waals surface area contributed by atoms with E-state index in [9.17, 15) is 14.4 Å². The van der Waals surface area contributed by atoms with Crippen molar-refractivity contribution in [3.63, 3.8) is 0 Å². The van der Waals surface area contributed by atoms with E-state index in [4.69, 9.17) is 4.42 Å². The summed E-state index contributed by atoms with van der Waals surface area (Å²) in [6.07, 6.45) is 1.05. The van der Waals surface area contributed by atoms with Gasteiger partial charge < -0.3 is 14.6 Å². The Bertz CT molecular complexity index is 902. The van der Waals surface area contributed by atoms with Gasteiger partial charge in [-0.15, -0.1) is 0 Å². The van der Waals surface area contributed by atoms with E-state index in [1.54, 1.807) is 17.0 Å². The fraction of sp³-hybridized carbons (Fsp3) is 0.435. The number of likely N-dealkylation sites (tertiary alicyclic amines) is 1. The number of carbonyl (C=O) groups excluding carboxylic acids is 3. The molecule has 1 saturated heterocycles. The fourth-order valence-electron chi connectivity index (χ4n) is 3.60. The highest BCUT2D eigenvalue weighted by atomic mass is 16.4. The number of nitrogens with zero attached hydrogens (tertiary/aromatic N) is 2. The van der Waals surface area contributed by atoms with E-state index in [2.05, 4.69) is 34.9 Å². The molecule has 1 aliphatic rings. The van der Waals surface area contributed by atoms with Crippen LogP contribution in [-0.2, 0) is 11.3 Å². The number of rotatable bonds is 7. The predicted octanol–water partition coefficient (Wildman–Crippen LogP) is 2.83. The Kier molecular flexibility index (Phi) is 8.27. The van der Waals surface area contributed by atoms with Crippen molar-refractivity contribution in [2.24, 2.45) is 5.92 Å². The van der Waals surface area contributed by atoms with Crippen LogP contribution >= 0.6 is 0 Å². The zero-order valence-corrected chi connectivity index (χ0v) is 18.6. The van der Waals surface area contributed by atoms with Crippen LogP contribution in [0.4, 0.5) is 10.5 Å². The number of nitrogens with one attached hydrogen (secondary N) is 3. The second-order valence-electron chi connectivity index (χ2n) is 7.73. The summed E-state index contributed by atoms with van der Waals surface area (Å²) in [6, 6.07) is 12.4. The van der Waals surface area contributed by atoms with Gasteiger partial charge in [0.15, 0.2) is 5.76 Å². The van der Waals surface area contributed by atoms with Crippen molar-refractivity contribution >= 4 is 23.5 Å². The quantitative estimate of drug-likeness (QED) is 0.573. The van der Waals surface area contributed by atoms with Gasteiger partial charge >= 0.3 is 11.9 Å². The molecule has 0 bridgehead atoms. The number of benzene rings is 1. The second-order valence-corrected chi connectivity index (χ2v) is 7.73. The Morgan fingerprint density at radius 2 is 1.69 bits per heavy atom.